The van der Waals surface area contributed by atoms with Crippen LogP contribution in [-0.2, 0) is 4.74 Å². The fraction of sp³-hybridized carbons (Fsp3) is 1.00. The highest BCUT2D eigenvalue weighted by molar-refractivity contribution is 4.87. The zero-order valence-electron chi connectivity index (χ0n) is 12.0. The maximum atomic E-state index is 5.20. The highest BCUT2D eigenvalue weighted by Gasteiger charge is 2.31. The number of nitrogens with zero attached hydrogens (tertiary/aromatic N) is 1. The van der Waals surface area contributed by atoms with Crippen LogP contribution < -0.4 is 5.32 Å². The fourth-order valence-electron chi connectivity index (χ4n) is 2.23. The Kier molecular flexibility index (Phi) is 7.09. The number of hydrogen-bond acceptors (Lipinski definition) is 3. The molecule has 3 nitrogen and oxygen atoms in total. The van der Waals surface area contributed by atoms with Crippen molar-refractivity contribution in [3.8, 4) is 0 Å². The summed E-state index contributed by atoms with van der Waals surface area (Å²) in [4.78, 5) is 2.63. The average molecular weight is 242 g/mol. The van der Waals surface area contributed by atoms with Crippen molar-refractivity contribution in [3.05, 3.63) is 0 Å². The van der Waals surface area contributed by atoms with Crippen molar-refractivity contribution < 1.29 is 4.74 Å². The summed E-state index contributed by atoms with van der Waals surface area (Å²) in [6, 6.07) is 1.52. The van der Waals surface area contributed by atoms with Crippen LogP contribution in [0.5, 0.6) is 0 Å². The molecule has 0 aromatic rings. The molecule has 1 rings (SSSR count). The molecule has 1 aliphatic rings. The molecule has 0 heterocycles. The molecule has 0 spiro atoms. The van der Waals surface area contributed by atoms with Crippen LogP contribution in [0.4, 0.5) is 0 Å². The van der Waals surface area contributed by atoms with Crippen LogP contribution in [-0.4, -0.2) is 50.3 Å². The van der Waals surface area contributed by atoms with E-state index in [0.717, 1.165) is 38.2 Å². The van der Waals surface area contributed by atoms with Crippen molar-refractivity contribution in [2.24, 2.45) is 5.92 Å². The van der Waals surface area contributed by atoms with Crippen LogP contribution in [0.2, 0.25) is 0 Å². The van der Waals surface area contributed by atoms with Crippen LogP contribution in [0.25, 0.3) is 0 Å². The lowest BCUT2D eigenvalue weighted by atomic mass is 10.2. The molecule has 0 aliphatic heterocycles. The van der Waals surface area contributed by atoms with Crippen LogP contribution >= 0.6 is 0 Å². The summed E-state index contributed by atoms with van der Waals surface area (Å²) in [7, 11) is 1.79. The first-order chi connectivity index (χ1) is 8.15. The van der Waals surface area contributed by atoms with Gasteiger partial charge < -0.3 is 10.1 Å². The first kappa shape index (κ1) is 14.9. The van der Waals surface area contributed by atoms with Crippen molar-refractivity contribution in [1.29, 1.82) is 0 Å². The maximum Gasteiger partial charge on any atom is 0.0589 e. The maximum absolute atomic E-state index is 5.20. The smallest absolute Gasteiger partial charge is 0.0589 e. The van der Waals surface area contributed by atoms with Gasteiger partial charge in [0.15, 0.2) is 0 Å². The summed E-state index contributed by atoms with van der Waals surface area (Å²) >= 11 is 0. The third-order valence-electron chi connectivity index (χ3n) is 3.43. The monoisotopic (exact) mass is 242 g/mol. The SMILES string of the molecule is COCCN(C(C)CCNCC(C)C)C1CC1. The number of methoxy groups -OCH3 is 1. The number of hydrogen-bond donors (Lipinski definition) is 1. The van der Waals surface area contributed by atoms with E-state index in [1.165, 1.54) is 19.3 Å². The van der Waals surface area contributed by atoms with Crippen molar-refractivity contribution in [2.45, 2.75) is 52.1 Å². The molecule has 3 heteroatoms. The lowest BCUT2D eigenvalue weighted by Crippen LogP contribution is -2.39. The van der Waals surface area contributed by atoms with Gasteiger partial charge in [0, 0.05) is 25.7 Å². The molecular formula is C14H30N2O. The van der Waals surface area contributed by atoms with Crippen molar-refractivity contribution >= 4 is 0 Å². The quantitative estimate of drug-likeness (QED) is 0.594. The van der Waals surface area contributed by atoms with E-state index in [0.29, 0.717) is 6.04 Å². The summed E-state index contributed by atoms with van der Waals surface area (Å²) in [6.45, 7) is 11.1. The first-order valence-electron chi connectivity index (χ1n) is 7.10. The number of rotatable bonds is 10. The summed E-state index contributed by atoms with van der Waals surface area (Å²) in [5, 5.41) is 3.53. The third-order valence-corrected chi connectivity index (χ3v) is 3.43. The second kappa shape index (κ2) is 8.06. The Morgan fingerprint density at radius 2 is 2.00 bits per heavy atom. The molecule has 17 heavy (non-hydrogen) atoms. The van der Waals surface area contributed by atoms with Gasteiger partial charge in [-0.15, -0.1) is 0 Å². The third kappa shape index (κ3) is 6.39. The topological polar surface area (TPSA) is 24.5 Å². The Bertz CT molecular complexity index is 193. The zero-order chi connectivity index (χ0) is 12.7. The summed E-state index contributed by atoms with van der Waals surface area (Å²) < 4.78 is 5.20. The minimum absolute atomic E-state index is 0.678. The number of nitrogens with one attached hydrogen (secondary N) is 1. The molecule has 0 aromatic heterocycles. The first-order valence-corrected chi connectivity index (χ1v) is 7.10. The summed E-state index contributed by atoms with van der Waals surface area (Å²) in [5.74, 6) is 0.748. The molecule has 0 radical (unpaired) electrons. The molecule has 0 saturated heterocycles. The van der Waals surface area contributed by atoms with Gasteiger partial charge in [-0.25, -0.2) is 0 Å². The highest BCUT2D eigenvalue weighted by Crippen LogP contribution is 2.28. The van der Waals surface area contributed by atoms with E-state index in [-0.39, 0.29) is 0 Å². The van der Waals surface area contributed by atoms with Crippen LogP contribution in [0.1, 0.15) is 40.0 Å². The zero-order valence-corrected chi connectivity index (χ0v) is 12.0. The van der Waals surface area contributed by atoms with Crippen molar-refractivity contribution in [3.63, 3.8) is 0 Å². The van der Waals surface area contributed by atoms with Crippen LogP contribution in [0.3, 0.4) is 0 Å². The van der Waals surface area contributed by atoms with E-state index in [1.807, 2.05) is 0 Å². The molecule has 0 aromatic carbocycles. The standard InChI is InChI=1S/C14H30N2O/c1-12(2)11-15-8-7-13(3)16(9-10-17-4)14-5-6-14/h12-15H,5-11H2,1-4H3. The van der Waals surface area contributed by atoms with Gasteiger partial charge in [-0.2, -0.15) is 0 Å². The highest BCUT2D eigenvalue weighted by atomic mass is 16.5. The largest absolute Gasteiger partial charge is 0.383 e. The molecule has 1 unspecified atom stereocenters. The molecule has 0 bridgehead atoms. The molecule has 1 fully saturated rings. The molecule has 1 saturated carbocycles. The van der Waals surface area contributed by atoms with Gasteiger partial charge >= 0.3 is 0 Å². The van der Waals surface area contributed by atoms with Gasteiger partial charge in [-0.3, -0.25) is 4.90 Å². The lowest BCUT2D eigenvalue weighted by molar-refractivity contribution is 0.115. The molecule has 1 N–H and O–H groups in total. The van der Waals surface area contributed by atoms with Crippen molar-refractivity contribution in [1.82, 2.24) is 10.2 Å². The van der Waals surface area contributed by atoms with E-state index >= 15 is 0 Å². The van der Waals surface area contributed by atoms with Gasteiger partial charge in [0.1, 0.15) is 0 Å². The Morgan fingerprint density at radius 3 is 2.53 bits per heavy atom. The second-order valence-electron chi connectivity index (χ2n) is 5.70. The minimum atomic E-state index is 0.678. The van der Waals surface area contributed by atoms with Crippen LogP contribution in [0.15, 0.2) is 0 Å². The fourth-order valence-corrected chi connectivity index (χ4v) is 2.23. The molecule has 1 atom stereocenters. The van der Waals surface area contributed by atoms with Crippen molar-refractivity contribution in [2.75, 3.05) is 33.4 Å². The van der Waals surface area contributed by atoms with Gasteiger partial charge in [0.2, 0.25) is 0 Å². The van der Waals surface area contributed by atoms with Gasteiger partial charge in [-0.1, -0.05) is 13.8 Å². The molecule has 0 amide bonds. The molecule has 1 aliphatic carbocycles. The van der Waals surface area contributed by atoms with E-state index in [1.54, 1.807) is 7.11 Å². The predicted molar refractivity (Wildman–Crippen MR) is 73.4 cm³/mol. The summed E-state index contributed by atoms with van der Waals surface area (Å²) in [6.07, 6.45) is 4.01. The van der Waals surface area contributed by atoms with E-state index < -0.39 is 0 Å². The second-order valence-corrected chi connectivity index (χ2v) is 5.70. The van der Waals surface area contributed by atoms with E-state index in [4.69, 9.17) is 4.74 Å². The average Bonchev–Trinajstić information content (AvgIpc) is 3.09. The van der Waals surface area contributed by atoms with Gasteiger partial charge in [0.05, 0.1) is 6.61 Å². The minimum Gasteiger partial charge on any atom is -0.383 e. The van der Waals surface area contributed by atoms with Gasteiger partial charge in [0.25, 0.3) is 0 Å². The molecule has 102 valence electrons. The summed E-state index contributed by atoms with van der Waals surface area (Å²) in [5.41, 5.74) is 0. The normalized spacial score (nSPS) is 18.0. The van der Waals surface area contributed by atoms with Crippen LogP contribution in [0, 0.1) is 5.92 Å². The van der Waals surface area contributed by atoms with Gasteiger partial charge in [-0.05, 0) is 45.2 Å². The van der Waals surface area contributed by atoms with E-state index in [2.05, 4.69) is 31.0 Å². The predicted octanol–water partition coefficient (Wildman–Crippen LogP) is 2.12. The lowest BCUT2D eigenvalue weighted by Gasteiger charge is -2.29. The molecular weight excluding hydrogens is 212 g/mol. The Morgan fingerprint density at radius 1 is 1.29 bits per heavy atom. The number of ether oxygens (including phenoxy) is 1. The van der Waals surface area contributed by atoms with E-state index in [9.17, 15) is 0 Å². The Hall–Kier alpha value is -0.120. The Labute approximate surface area is 107 Å². The Balaban J connectivity index is 2.15.